The molecule has 1 aliphatic carbocycles. The van der Waals surface area contributed by atoms with E-state index in [1.165, 1.54) is 17.8 Å². The lowest BCUT2D eigenvalue weighted by Crippen LogP contribution is -2.31. The number of imidazole rings is 1. The third-order valence-electron chi connectivity index (χ3n) is 2.40. The summed E-state index contributed by atoms with van der Waals surface area (Å²) >= 11 is 0. The second-order valence-electron chi connectivity index (χ2n) is 3.06. The summed E-state index contributed by atoms with van der Waals surface area (Å²) in [4.78, 5) is 7.41. The zero-order valence-electron chi connectivity index (χ0n) is 6.72. The highest BCUT2D eigenvalue weighted by Crippen LogP contribution is 2.16. The van der Waals surface area contributed by atoms with Gasteiger partial charge in [0.05, 0.1) is 12.0 Å². The van der Waals surface area contributed by atoms with Gasteiger partial charge in [0.15, 0.2) is 0 Å². The van der Waals surface area contributed by atoms with Crippen LogP contribution in [0.25, 0.3) is 0 Å². The van der Waals surface area contributed by atoms with E-state index < -0.39 is 0 Å². The summed E-state index contributed by atoms with van der Waals surface area (Å²) in [5.74, 6) is 0. The highest BCUT2D eigenvalue weighted by atomic mass is 14.9. The van der Waals surface area contributed by atoms with Crippen LogP contribution in [0.4, 0.5) is 0 Å². The summed E-state index contributed by atoms with van der Waals surface area (Å²) in [6.45, 7) is 0. The summed E-state index contributed by atoms with van der Waals surface area (Å²) < 4.78 is 0. The van der Waals surface area contributed by atoms with Gasteiger partial charge in [0.25, 0.3) is 0 Å². The van der Waals surface area contributed by atoms with Crippen LogP contribution in [0.15, 0.2) is 6.33 Å². The van der Waals surface area contributed by atoms with Gasteiger partial charge >= 0.3 is 0 Å². The topological polar surface area (TPSA) is 40.7 Å². The molecule has 1 aliphatic rings. The van der Waals surface area contributed by atoms with Gasteiger partial charge < -0.3 is 10.3 Å². The predicted molar refractivity (Wildman–Crippen MR) is 43.5 cm³/mol. The third kappa shape index (κ3) is 1.16. The van der Waals surface area contributed by atoms with Crippen molar-refractivity contribution in [3.8, 4) is 0 Å². The number of aryl methyl sites for hydroxylation is 1. The zero-order valence-corrected chi connectivity index (χ0v) is 6.72. The first-order chi connectivity index (χ1) is 5.40. The number of nitrogens with zero attached hydrogens (tertiary/aromatic N) is 1. The average molecular weight is 151 g/mol. The van der Waals surface area contributed by atoms with Crippen LogP contribution in [-0.2, 0) is 12.8 Å². The van der Waals surface area contributed by atoms with Crippen molar-refractivity contribution in [2.45, 2.75) is 25.3 Å². The van der Waals surface area contributed by atoms with E-state index in [2.05, 4.69) is 15.3 Å². The second-order valence-corrected chi connectivity index (χ2v) is 3.06. The maximum absolute atomic E-state index is 4.24. The van der Waals surface area contributed by atoms with Gasteiger partial charge in [0, 0.05) is 18.2 Å². The van der Waals surface area contributed by atoms with Crippen molar-refractivity contribution in [1.82, 2.24) is 15.3 Å². The molecule has 3 heteroatoms. The Balaban J connectivity index is 2.18. The molecule has 0 aliphatic heterocycles. The van der Waals surface area contributed by atoms with Crippen molar-refractivity contribution < 1.29 is 0 Å². The number of aromatic amines is 1. The first kappa shape index (κ1) is 6.85. The summed E-state index contributed by atoms with van der Waals surface area (Å²) in [5, 5.41) is 3.29. The van der Waals surface area contributed by atoms with E-state index in [9.17, 15) is 0 Å². The van der Waals surface area contributed by atoms with E-state index in [0.29, 0.717) is 6.04 Å². The van der Waals surface area contributed by atoms with Crippen molar-refractivity contribution >= 4 is 0 Å². The molecular weight excluding hydrogens is 138 g/mol. The number of hydrogen-bond acceptors (Lipinski definition) is 2. The van der Waals surface area contributed by atoms with Gasteiger partial charge in [-0.05, 0) is 19.9 Å². The smallest absolute Gasteiger partial charge is 0.0925 e. The predicted octanol–water partition coefficient (Wildman–Crippen LogP) is 0.486. The van der Waals surface area contributed by atoms with Gasteiger partial charge in [0.2, 0.25) is 0 Å². The molecule has 0 aromatic carbocycles. The molecule has 1 unspecified atom stereocenters. The Morgan fingerprint density at radius 3 is 3.45 bits per heavy atom. The van der Waals surface area contributed by atoms with Crippen molar-refractivity contribution in [3.63, 3.8) is 0 Å². The largest absolute Gasteiger partial charge is 0.348 e. The number of nitrogens with one attached hydrogen (secondary N) is 2. The molecule has 0 fully saturated rings. The Labute approximate surface area is 66.2 Å². The van der Waals surface area contributed by atoms with Gasteiger partial charge in [-0.3, -0.25) is 0 Å². The van der Waals surface area contributed by atoms with Crippen molar-refractivity contribution in [2.75, 3.05) is 7.05 Å². The minimum Gasteiger partial charge on any atom is -0.348 e. The van der Waals surface area contributed by atoms with E-state index in [1.807, 2.05) is 7.05 Å². The molecule has 60 valence electrons. The Morgan fingerprint density at radius 1 is 1.73 bits per heavy atom. The van der Waals surface area contributed by atoms with Gasteiger partial charge in [-0.1, -0.05) is 0 Å². The maximum Gasteiger partial charge on any atom is 0.0925 e. The van der Waals surface area contributed by atoms with Crippen molar-refractivity contribution in [3.05, 3.63) is 17.7 Å². The molecule has 0 radical (unpaired) electrons. The molecule has 1 aromatic rings. The first-order valence-electron chi connectivity index (χ1n) is 4.08. The molecule has 0 saturated heterocycles. The Kier molecular flexibility index (Phi) is 1.66. The van der Waals surface area contributed by atoms with Crippen LogP contribution in [0.5, 0.6) is 0 Å². The SMILES string of the molecule is CNC1CCc2nc[nH]c2C1. The summed E-state index contributed by atoms with van der Waals surface area (Å²) in [7, 11) is 2.02. The summed E-state index contributed by atoms with van der Waals surface area (Å²) in [5.41, 5.74) is 2.58. The van der Waals surface area contributed by atoms with Crippen LogP contribution in [0.1, 0.15) is 17.8 Å². The molecule has 0 spiro atoms. The van der Waals surface area contributed by atoms with Gasteiger partial charge in [-0.25, -0.2) is 4.98 Å². The van der Waals surface area contributed by atoms with E-state index >= 15 is 0 Å². The quantitative estimate of drug-likeness (QED) is 0.613. The molecular formula is C8H13N3. The number of hydrogen-bond donors (Lipinski definition) is 2. The van der Waals surface area contributed by atoms with E-state index in [0.717, 1.165) is 12.8 Å². The highest BCUT2D eigenvalue weighted by molar-refractivity contribution is 5.16. The lowest BCUT2D eigenvalue weighted by Gasteiger charge is -2.20. The highest BCUT2D eigenvalue weighted by Gasteiger charge is 2.18. The Hall–Kier alpha value is -0.830. The monoisotopic (exact) mass is 151 g/mol. The molecule has 2 rings (SSSR count). The molecule has 11 heavy (non-hydrogen) atoms. The Bertz CT molecular complexity index is 241. The zero-order chi connectivity index (χ0) is 7.68. The average Bonchev–Trinajstić information content (AvgIpc) is 2.50. The van der Waals surface area contributed by atoms with Crippen LogP contribution in [0.2, 0.25) is 0 Å². The van der Waals surface area contributed by atoms with Crippen LogP contribution in [0, 0.1) is 0 Å². The van der Waals surface area contributed by atoms with Gasteiger partial charge in [-0.2, -0.15) is 0 Å². The Morgan fingerprint density at radius 2 is 2.64 bits per heavy atom. The van der Waals surface area contributed by atoms with Gasteiger partial charge in [-0.15, -0.1) is 0 Å². The van der Waals surface area contributed by atoms with Gasteiger partial charge in [0.1, 0.15) is 0 Å². The summed E-state index contributed by atoms with van der Waals surface area (Å²) in [6.07, 6.45) is 5.23. The lowest BCUT2D eigenvalue weighted by atomic mass is 9.96. The molecule has 2 N–H and O–H groups in total. The van der Waals surface area contributed by atoms with Crippen LogP contribution in [0.3, 0.4) is 0 Å². The molecule has 0 bridgehead atoms. The standard InChI is InChI=1S/C8H13N3/c1-9-6-2-3-7-8(4-6)11-5-10-7/h5-6,9H,2-4H2,1H3,(H,10,11). The van der Waals surface area contributed by atoms with Crippen LogP contribution in [-0.4, -0.2) is 23.1 Å². The molecule has 3 nitrogen and oxygen atoms in total. The van der Waals surface area contributed by atoms with E-state index in [1.54, 1.807) is 6.33 Å². The summed E-state index contributed by atoms with van der Waals surface area (Å²) in [6, 6.07) is 0.642. The molecule has 1 aromatic heterocycles. The number of likely N-dealkylation sites (N-methyl/N-ethyl adjacent to an activating group) is 1. The number of fused-ring (bicyclic) bond motifs is 1. The number of H-pyrrole nitrogens is 1. The fourth-order valence-electron chi connectivity index (χ4n) is 1.65. The third-order valence-corrected chi connectivity index (χ3v) is 2.40. The molecule has 0 saturated carbocycles. The number of aromatic nitrogens is 2. The van der Waals surface area contributed by atoms with Crippen molar-refractivity contribution in [2.24, 2.45) is 0 Å². The minimum absolute atomic E-state index is 0.642. The minimum atomic E-state index is 0.642. The van der Waals surface area contributed by atoms with E-state index in [-0.39, 0.29) is 0 Å². The first-order valence-corrected chi connectivity index (χ1v) is 4.08. The second kappa shape index (κ2) is 2.66. The van der Waals surface area contributed by atoms with Crippen molar-refractivity contribution in [1.29, 1.82) is 0 Å². The van der Waals surface area contributed by atoms with Crippen LogP contribution < -0.4 is 5.32 Å². The lowest BCUT2D eigenvalue weighted by molar-refractivity contribution is 0.488. The van der Waals surface area contributed by atoms with Crippen LogP contribution >= 0.6 is 0 Å². The maximum atomic E-state index is 4.24. The fourth-order valence-corrected chi connectivity index (χ4v) is 1.65. The molecule has 1 heterocycles. The number of rotatable bonds is 1. The molecule has 1 atom stereocenters. The van der Waals surface area contributed by atoms with E-state index in [4.69, 9.17) is 0 Å². The molecule has 0 amide bonds. The fraction of sp³-hybridized carbons (Fsp3) is 0.625. The normalized spacial score (nSPS) is 23.2.